The van der Waals surface area contributed by atoms with Gasteiger partial charge >= 0.3 is 15.6 Å². The molecule has 0 amide bonds. The predicted molar refractivity (Wildman–Crippen MR) is 71.9 cm³/mol. The molecule has 0 fully saturated rings. The van der Waals surface area contributed by atoms with Crippen LogP contribution in [0.3, 0.4) is 0 Å². The van der Waals surface area contributed by atoms with E-state index in [1.54, 1.807) is 0 Å². The summed E-state index contributed by atoms with van der Waals surface area (Å²) in [5, 5.41) is 0. The minimum absolute atomic E-state index is 0.129. The summed E-state index contributed by atoms with van der Waals surface area (Å²) in [5.74, 6) is 0.0437. The molecule has 1 aromatic rings. The highest BCUT2D eigenvalue weighted by molar-refractivity contribution is 7.87. The number of aryl methyl sites for hydroxylation is 1. The maximum absolute atomic E-state index is 12.2. The van der Waals surface area contributed by atoms with Crippen molar-refractivity contribution in [3.8, 4) is 0 Å². The molecule has 1 aliphatic rings. The predicted octanol–water partition coefficient (Wildman–Crippen LogP) is 4.01. The van der Waals surface area contributed by atoms with Crippen LogP contribution in [0.1, 0.15) is 36.3 Å². The lowest BCUT2D eigenvalue weighted by molar-refractivity contribution is -0.0524. The Hall–Kier alpha value is -1.50. The second kappa shape index (κ2) is 5.71. The van der Waals surface area contributed by atoms with Crippen LogP contribution < -0.4 is 0 Å². The molecule has 21 heavy (non-hydrogen) atoms. The van der Waals surface area contributed by atoms with Crippen LogP contribution in [0.4, 0.5) is 13.2 Å². The minimum atomic E-state index is -5.55. The summed E-state index contributed by atoms with van der Waals surface area (Å²) in [4.78, 5) is 0. The number of benzene rings is 1. The number of rotatable bonds is 3. The van der Waals surface area contributed by atoms with Gasteiger partial charge in [-0.15, -0.1) is 0 Å². The van der Waals surface area contributed by atoms with Crippen molar-refractivity contribution in [2.45, 2.75) is 37.6 Å². The second-order valence-electron chi connectivity index (χ2n) is 5.04. The van der Waals surface area contributed by atoms with Crippen molar-refractivity contribution in [3.05, 3.63) is 47.2 Å². The van der Waals surface area contributed by atoms with E-state index in [1.165, 1.54) is 6.08 Å². The Labute approximate surface area is 121 Å². The first-order valence-corrected chi connectivity index (χ1v) is 7.86. The lowest BCUT2D eigenvalue weighted by Gasteiger charge is -2.22. The molecule has 0 N–H and O–H groups in total. The van der Waals surface area contributed by atoms with E-state index >= 15 is 0 Å². The van der Waals surface area contributed by atoms with Gasteiger partial charge in [-0.3, -0.25) is 0 Å². The van der Waals surface area contributed by atoms with Crippen LogP contribution in [0.2, 0.25) is 0 Å². The average molecular weight is 320 g/mol. The second-order valence-corrected chi connectivity index (χ2v) is 6.57. The fourth-order valence-corrected chi connectivity index (χ4v) is 2.74. The van der Waals surface area contributed by atoms with Gasteiger partial charge in [-0.2, -0.15) is 21.6 Å². The summed E-state index contributed by atoms with van der Waals surface area (Å²) in [7, 11) is -5.55. The quantitative estimate of drug-likeness (QED) is 0.624. The lowest BCUT2D eigenvalue weighted by Crippen LogP contribution is -2.25. The van der Waals surface area contributed by atoms with Crippen molar-refractivity contribution < 1.29 is 25.8 Å². The topological polar surface area (TPSA) is 43.4 Å². The van der Waals surface area contributed by atoms with Gasteiger partial charge in [0.2, 0.25) is 0 Å². The number of allylic oxidation sites excluding steroid dienone is 2. The fraction of sp³-hybridized carbons (Fsp3) is 0.429. The van der Waals surface area contributed by atoms with Gasteiger partial charge in [-0.1, -0.05) is 29.8 Å². The molecule has 0 saturated carbocycles. The molecule has 1 unspecified atom stereocenters. The van der Waals surface area contributed by atoms with Crippen LogP contribution in [-0.2, 0) is 14.3 Å². The number of alkyl halides is 3. The molecule has 3 nitrogen and oxygen atoms in total. The molecule has 0 radical (unpaired) electrons. The smallest absolute Gasteiger partial charge is 0.381 e. The van der Waals surface area contributed by atoms with E-state index in [2.05, 4.69) is 4.18 Å². The first-order chi connectivity index (χ1) is 9.69. The third-order valence-electron chi connectivity index (χ3n) is 3.42. The van der Waals surface area contributed by atoms with Gasteiger partial charge in [0.25, 0.3) is 0 Å². The molecule has 1 aromatic carbocycles. The van der Waals surface area contributed by atoms with Crippen molar-refractivity contribution in [1.82, 2.24) is 0 Å². The molecule has 0 heterocycles. The van der Waals surface area contributed by atoms with Gasteiger partial charge in [0.1, 0.15) is 5.76 Å². The van der Waals surface area contributed by atoms with Gasteiger partial charge in [-0.25, -0.2) is 0 Å². The van der Waals surface area contributed by atoms with Crippen LogP contribution in [0.5, 0.6) is 0 Å². The van der Waals surface area contributed by atoms with Gasteiger partial charge in [0, 0.05) is 6.42 Å². The van der Waals surface area contributed by atoms with Crippen LogP contribution >= 0.6 is 0 Å². The molecule has 0 aliphatic heterocycles. The van der Waals surface area contributed by atoms with Gasteiger partial charge < -0.3 is 4.18 Å². The molecule has 116 valence electrons. The normalized spacial score (nSPS) is 20.0. The third-order valence-corrected chi connectivity index (χ3v) is 4.42. The zero-order valence-corrected chi connectivity index (χ0v) is 12.2. The van der Waals surface area contributed by atoms with Crippen molar-refractivity contribution in [2.75, 3.05) is 0 Å². The van der Waals surface area contributed by atoms with Crippen molar-refractivity contribution in [3.63, 3.8) is 0 Å². The Kier molecular flexibility index (Phi) is 4.32. The molecule has 0 saturated heterocycles. The average Bonchev–Trinajstić information content (AvgIpc) is 2.39. The van der Waals surface area contributed by atoms with E-state index < -0.39 is 15.6 Å². The number of halogens is 3. The van der Waals surface area contributed by atoms with Gasteiger partial charge in [0.05, 0.1) is 0 Å². The highest BCUT2D eigenvalue weighted by Crippen LogP contribution is 2.35. The summed E-state index contributed by atoms with van der Waals surface area (Å²) in [5.41, 5.74) is -3.17. The van der Waals surface area contributed by atoms with Crippen LogP contribution in [0.25, 0.3) is 0 Å². The first kappa shape index (κ1) is 15.9. The van der Waals surface area contributed by atoms with E-state index in [4.69, 9.17) is 0 Å². The zero-order chi connectivity index (χ0) is 15.7. The zero-order valence-electron chi connectivity index (χ0n) is 11.4. The fourth-order valence-electron chi connectivity index (χ4n) is 2.22. The summed E-state index contributed by atoms with van der Waals surface area (Å²) < 4.78 is 62.7. The number of hydrogen-bond donors (Lipinski definition) is 0. The first-order valence-electron chi connectivity index (χ1n) is 6.45. The molecular formula is C14H15F3O3S. The number of hydrogen-bond acceptors (Lipinski definition) is 3. The highest BCUT2D eigenvalue weighted by Gasteiger charge is 2.48. The molecular weight excluding hydrogens is 305 g/mol. The molecule has 1 atom stereocenters. The van der Waals surface area contributed by atoms with E-state index in [9.17, 15) is 21.6 Å². The molecule has 1 aliphatic carbocycles. The van der Waals surface area contributed by atoms with Gasteiger partial charge in [0.15, 0.2) is 0 Å². The molecule has 0 bridgehead atoms. The Morgan fingerprint density at radius 2 is 1.81 bits per heavy atom. The molecule has 0 spiro atoms. The Morgan fingerprint density at radius 3 is 2.29 bits per heavy atom. The lowest BCUT2D eigenvalue weighted by atomic mass is 9.87. The summed E-state index contributed by atoms with van der Waals surface area (Å²) in [6.45, 7) is 1.97. The molecule has 0 aromatic heterocycles. The maximum atomic E-state index is 12.2. The monoisotopic (exact) mass is 320 g/mol. The van der Waals surface area contributed by atoms with E-state index in [0.717, 1.165) is 11.1 Å². The Bertz CT molecular complexity index is 630. The highest BCUT2D eigenvalue weighted by atomic mass is 32.2. The SMILES string of the molecule is Cc1ccc(C2CC=C(OS(=O)(=O)C(F)(F)F)CC2)cc1. The minimum Gasteiger partial charge on any atom is -0.381 e. The van der Waals surface area contributed by atoms with Crippen LogP contribution in [-0.4, -0.2) is 13.9 Å². The van der Waals surface area contributed by atoms with Gasteiger partial charge in [-0.05, 0) is 37.3 Å². The molecule has 2 rings (SSSR count). The molecule has 7 heteroatoms. The summed E-state index contributed by atoms with van der Waals surface area (Å²) >= 11 is 0. The van der Waals surface area contributed by atoms with Crippen molar-refractivity contribution in [2.24, 2.45) is 0 Å². The van der Waals surface area contributed by atoms with E-state index in [-0.39, 0.29) is 18.1 Å². The summed E-state index contributed by atoms with van der Waals surface area (Å²) in [6.07, 6.45) is 2.62. The Morgan fingerprint density at radius 1 is 1.19 bits per heavy atom. The van der Waals surface area contributed by atoms with Crippen LogP contribution in [0, 0.1) is 6.92 Å². The Balaban J connectivity index is 2.04. The van der Waals surface area contributed by atoms with Crippen molar-refractivity contribution >= 4 is 10.1 Å². The van der Waals surface area contributed by atoms with Crippen LogP contribution in [0.15, 0.2) is 36.1 Å². The van der Waals surface area contributed by atoms with E-state index in [1.807, 2.05) is 31.2 Å². The third kappa shape index (κ3) is 3.78. The largest absolute Gasteiger partial charge is 0.534 e. The van der Waals surface area contributed by atoms with E-state index in [0.29, 0.717) is 12.8 Å². The summed E-state index contributed by atoms with van der Waals surface area (Å²) in [6, 6.07) is 7.90. The maximum Gasteiger partial charge on any atom is 0.534 e. The van der Waals surface area contributed by atoms with Crippen molar-refractivity contribution in [1.29, 1.82) is 0 Å². The standard InChI is InChI=1S/C14H15F3O3S/c1-10-2-4-11(5-3-10)12-6-8-13(9-7-12)20-21(18,19)14(15,16)17/h2-5,8,12H,6-7,9H2,1H3.